The molecule has 0 spiro atoms. The van der Waals surface area contributed by atoms with Crippen LogP contribution in [0.4, 0.5) is 0 Å². The van der Waals surface area contributed by atoms with Gasteiger partial charge in [-0.05, 0) is 44.8 Å². The van der Waals surface area contributed by atoms with Gasteiger partial charge in [0.2, 0.25) is 0 Å². The Kier molecular flexibility index (Phi) is 5.78. The molecular formula is C14H26N4O2S. The van der Waals surface area contributed by atoms with E-state index in [-0.39, 0.29) is 11.1 Å². The highest BCUT2D eigenvalue weighted by Crippen LogP contribution is 2.15. The molecule has 1 aliphatic heterocycles. The minimum absolute atomic E-state index is 0.000256. The number of nitrogens with zero attached hydrogens (tertiary/aromatic N) is 3. The lowest BCUT2D eigenvalue weighted by molar-refractivity contribution is 0.202. The van der Waals surface area contributed by atoms with Crippen LogP contribution >= 0.6 is 0 Å². The highest BCUT2D eigenvalue weighted by molar-refractivity contribution is 7.89. The van der Waals surface area contributed by atoms with E-state index >= 15 is 0 Å². The third-order valence-corrected chi connectivity index (χ3v) is 5.30. The molecule has 1 fully saturated rings. The number of likely N-dealkylation sites (tertiary alicyclic amines) is 1. The maximum Gasteiger partial charge on any atom is 0.258 e. The summed E-state index contributed by atoms with van der Waals surface area (Å²) >= 11 is 0. The first-order valence-corrected chi connectivity index (χ1v) is 9.31. The van der Waals surface area contributed by atoms with Crippen LogP contribution < -0.4 is 4.72 Å². The summed E-state index contributed by atoms with van der Waals surface area (Å²) in [5.74, 6) is 0. The lowest BCUT2D eigenvalue weighted by Gasteiger charge is -2.32. The van der Waals surface area contributed by atoms with E-state index in [1.807, 2.05) is 6.92 Å². The van der Waals surface area contributed by atoms with Crippen molar-refractivity contribution in [3.05, 3.63) is 12.3 Å². The lowest BCUT2D eigenvalue weighted by atomic mass is 10.1. The van der Waals surface area contributed by atoms with Crippen molar-refractivity contribution in [3.8, 4) is 0 Å². The van der Waals surface area contributed by atoms with Crippen LogP contribution in [-0.2, 0) is 16.6 Å². The summed E-state index contributed by atoms with van der Waals surface area (Å²) in [4.78, 5) is 2.33. The molecule has 1 saturated heterocycles. The predicted octanol–water partition coefficient (Wildman–Crippen LogP) is 1.45. The van der Waals surface area contributed by atoms with Crippen LogP contribution in [0.3, 0.4) is 0 Å². The third-order valence-electron chi connectivity index (χ3n) is 3.76. The zero-order valence-corrected chi connectivity index (χ0v) is 13.8. The minimum atomic E-state index is -3.48. The van der Waals surface area contributed by atoms with E-state index in [0.717, 1.165) is 45.3 Å². The second-order valence-electron chi connectivity index (χ2n) is 5.65. The monoisotopic (exact) mass is 314 g/mol. The average Bonchev–Trinajstić information content (AvgIpc) is 2.89. The van der Waals surface area contributed by atoms with Crippen molar-refractivity contribution in [3.63, 3.8) is 0 Å². The van der Waals surface area contributed by atoms with E-state index in [1.54, 1.807) is 16.9 Å². The smallest absolute Gasteiger partial charge is 0.258 e. The third kappa shape index (κ3) is 4.28. The van der Waals surface area contributed by atoms with Gasteiger partial charge in [0.05, 0.1) is 6.20 Å². The molecule has 1 aromatic rings. The Morgan fingerprint density at radius 1 is 1.33 bits per heavy atom. The fourth-order valence-electron chi connectivity index (χ4n) is 2.88. The quantitative estimate of drug-likeness (QED) is 0.827. The van der Waals surface area contributed by atoms with Crippen molar-refractivity contribution in [2.24, 2.45) is 0 Å². The molecule has 7 heteroatoms. The number of hydrogen-bond donors (Lipinski definition) is 1. The second kappa shape index (κ2) is 7.38. The summed E-state index contributed by atoms with van der Waals surface area (Å²) in [5.41, 5.74) is 0. The van der Waals surface area contributed by atoms with Gasteiger partial charge in [0.15, 0.2) is 5.03 Å². The van der Waals surface area contributed by atoms with Gasteiger partial charge in [0.25, 0.3) is 10.0 Å². The molecule has 2 heterocycles. The van der Waals surface area contributed by atoms with Gasteiger partial charge in [-0.15, -0.1) is 0 Å². The highest BCUT2D eigenvalue weighted by atomic mass is 32.2. The van der Waals surface area contributed by atoms with Crippen molar-refractivity contribution < 1.29 is 8.42 Å². The van der Waals surface area contributed by atoms with E-state index in [2.05, 4.69) is 21.6 Å². The van der Waals surface area contributed by atoms with Gasteiger partial charge in [-0.25, -0.2) is 13.1 Å². The van der Waals surface area contributed by atoms with Gasteiger partial charge < -0.3 is 4.90 Å². The number of rotatable bonds is 7. The summed E-state index contributed by atoms with van der Waals surface area (Å²) in [6.07, 6.45) is 5.46. The van der Waals surface area contributed by atoms with Crippen LogP contribution in [0.25, 0.3) is 0 Å². The first-order chi connectivity index (χ1) is 10.1. The lowest BCUT2D eigenvalue weighted by Crippen LogP contribution is -2.48. The van der Waals surface area contributed by atoms with Crippen molar-refractivity contribution in [1.29, 1.82) is 0 Å². The molecular weight excluding hydrogens is 288 g/mol. The van der Waals surface area contributed by atoms with Gasteiger partial charge in [0, 0.05) is 19.1 Å². The van der Waals surface area contributed by atoms with Crippen LogP contribution in [0.15, 0.2) is 17.3 Å². The number of piperidine rings is 1. The molecule has 21 heavy (non-hydrogen) atoms. The Morgan fingerprint density at radius 2 is 2.10 bits per heavy atom. The van der Waals surface area contributed by atoms with Crippen LogP contribution in [0, 0.1) is 0 Å². The number of aryl methyl sites for hydroxylation is 1. The molecule has 1 atom stereocenters. The van der Waals surface area contributed by atoms with E-state index in [1.165, 1.54) is 0 Å². The average molecular weight is 314 g/mol. The summed E-state index contributed by atoms with van der Waals surface area (Å²) in [6.45, 7) is 7.68. The van der Waals surface area contributed by atoms with Gasteiger partial charge in [-0.2, -0.15) is 5.10 Å². The topological polar surface area (TPSA) is 67.2 Å². The molecule has 1 aromatic heterocycles. The fourth-order valence-corrected chi connectivity index (χ4v) is 4.29. The molecule has 0 unspecified atom stereocenters. The van der Waals surface area contributed by atoms with Gasteiger partial charge >= 0.3 is 0 Å². The molecule has 0 aliphatic carbocycles. The van der Waals surface area contributed by atoms with Crippen molar-refractivity contribution in [1.82, 2.24) is 19.4 Å². The van der Waals surface area contributed by atoms with E-state index in [0.29, 0.717) is 6.54 Å². The zero-order chi connectivity index (χ0) is 15.3. The van der Waals surface area contributed by atoms with Gasteiger partial charge in [0.1, 0.15) is 0 Å². The maximum atomic E-state index is 12.5. The SMILES string of the molecule is CCCN1CCC[C@H](NS(=O)(=O)c2ccnn2CCC)C1. The first kappa shape index (κ1) is 16.5. The first-order valence-electron chi connectivity index (χ1n) is 7.83. The maximum absolute atomic E-state index is 12.5. The van der Waals surface area contributed by atoms with E-state index in [4.69, 9.17) is 0 Å². The summed E-state index contributed by atoms with van der Waals surface area (Å²) in [7, 11) is -3.48. The fraction of sp³-hybridized carbons (Fsp3) is 0.786. The minimum Gasteiger partial charge on any atom is -0.302 e. The van der Waals surface area contributed by atoms with Crippen LogP contribution in [0.2, 0.25) is 0 Å². The van der Waals surface area contributed by atoms with Gasteiger partial charge in [-0.1, -0.05) is 13.8 Å². The summed E-state index contributed by atoms with van der Waals surface area (Å²) in [6, 6.07) is 1.57. The number of aromatic nitrogens is 2. The molecule has 2 rings (SSSR count). The number of hydrogen-bond acceptors (Lipinski definition) is 4. The normalized spacial score (nSPS) is 20.8. The molecule has 0 radical (unpaired) electrons. The molecule has 0 aromatic carbocycles. The zero-order valence-electron chi connectivity index (χ0n) is 13.0. The Bertz CT molecular complexity index is 539. The van der Waals surface area contributed by atoms with Crippen molar-refractivity contribution >= 4 is 10.0 Å². The van der Waals surface area contributed by atoms with Crippen LogP contribution in [0.5, 0.6) is 0 Å². The van der Waals surface area contributed by atoms with Gasteiger partial charge in [-0.3, -0.25) is 4.68 Å². The van der Waals surface area contributed by atoms with Crippen LogP contribution in [0.1, 0.15) is 39.5 Å². The van der Waals surface area contributed by atoms with Crippen molar-refractivity contribution in [2.45, 2.75) is 57.1 Å². The predicted molar refractivity (Wildman–Crippen MR) is 82.6 cm³/mol. The molecule has 6 nitrogen and oxygen atoms in total. The molecule has 1 aliphatic rings. The molecule has 0 amide bonds. The van der Waals surface area contributed by atoms with E-state index in [9.17, 15) is 8.42 Å². The molecule has 0 saturated carbocycles. The second-order valence-corrected chi connectivity index (χ2v) is 7.31. The number of nitrogens with one attached hydrogen (secondary N) is 1. The Labute approximate surface area is 127 Å². The molecule has 1 N–H and O–H groups in total. The Hall–Kier alpha value is -0.920. The molecule has 120 valence electrons. The largest absolute Gasteiger partial charge is 0.302 e. The molecule has 0 bridgehead atoms. The number of sulfonamides is 1. The van der Waals surface area contributed by atoms with Crippen LogP contribution in [-0.4, -0.2) is 48.8 Å². The summed E-state index contributed by atoms with van der Waals surface area (Å²) < 4.78 is 29.5. The highest BCUT2D eigenvalue weighted by Gasteiger charge is 2.26. The van der Waals surface area contributed by atoms with E-state index < -0.39 is 10.0 Å². The Morgan fingerprint density at radius 3 is 2.81 bits per heavy atom. The van der Waals surface area contributed by atoms with Crippen molar-refractivity contribution in [2.75, 3.05) is 19.6 Å². The standard InChI is InChI=1S/C14H26N4O2S/c1-3-9-17-11-5-6-13(12-17)16-21(19,20)14-7-8-15-18(14)10-4-2/h7-8,13,16H,3-6,9-12H2,1-2H3/t13-/m0/s1. The summed E-state index contributed by atoms with van der Waals surface area (Å²) in [5, 5.41) is 4.37. The Balaban J connectivity index is 2.04.